The molecule has 3 aliphatic heterocycles. The molecule has 140 valence electrons. The van der Waals surface area contributed by atoms with Gasteiger partial charge in [0.2, 0.25) is 5.91 Å². The fraction of sp³-hybridized carbons (Fsp3) is 0.600. The largest absolute Gasteiger partial charge is 0.390 e. The van der Waals surface area contributed by atoms with Crippen LogP contribution in [0.3, 0.4) is 0 Å². The van der Waals surface area contributed by atoms with Gasteiger partial charge in [0.25, 0.3) is 5.91 Å². The van der Waals surface area contributed by atoms with Gasteiger partial charge in [-0.2, -0.15) is 0 Å². The van der Waals surface area contributed by atoms with Crippen molar-refractivity contribution < 1.29 is 19.4 Å². The highest BCUT2D eigenvalue weighted by atomic mass is 16.5. The number of rotatable bonds is 2. The van der Waals surface area contributed by atoms with Gasteiger partial charge >= 0.3 is 0 Å². The van der Waals surface area contributed by atoms with E-state index in [1.165, 1.54) is 0 Å². The molecular formula is C20H26N2O4. The van der Waals surface area contributed by atoms with Crippen molar-refractivity contribution in [1.82, 2.24) is 4.90 Å². The Balaban J connectivity index is 1.40. The number of nitrogens with zero attached hydrogens (tertiary/aromatic N) is 2. The summed E-state index contributed by atoms with van der Waals surface area (Å²) in [4.78, 5) is 28.2. The highest BCUT2D eigenvalue weighted by Crippen LogP contribution is 2.35. The number of hydrogen-bond donors (Lipinski definition) is 1. The summed E-state index contributed by atoms with van der Waals surface area (Å²) in [6.45, 7) is 2.65. The summed E-state index contributed by atoms with van der Waals surface area (Å²) in [5.74, 6) is 0.154. The number of anilines is 1. The molecule has 2 amide bonds. The first-order valence-electron chi connectivity index (χ1n) is 9.61. The van der Waals surface area contributed by atoms with Gasteiger partial charge in [-0.15, -0.1) is 0 Å². The Morgan fingerprint density at radius 2 is 1.85 bits per heavy atom. The minimum Gasteiger partial charge on any atom is -0.390 e. The molecule has 3 fully saturated rings. The fourth-order valence-electron chi connectivity index (χ4n) is 4.36. The van der Waals surface area contributed by atoms with Gasteiger partial charge in [0.05, 0.1) is 11.7 Å². The van der Waals surface area contributed by atoms with Gasteiger partial charge in [-0.05, 0) is 56.4 Å². The van der Waals surface area contributed by atoms with Crippen LogP contribution in [0, 0.1) is 0 Å². The number of likely N-dealkylation sites (tertiary alicyclic amines) is 1. The minimum absolute atomic E-state index is 0.00412. The highest BCUT2D eigenvalue weighted by Gasteiger charge is 2.44. The molecule has 1 atom stereocenters. The Kier molecular flexibility index (Phi) is 4.71. The molecule has 26 heavy (non-hydrogen) atoms. The highest BCUT2D eigenvalue weighted by molar-refractivity contribution is 5.97. The van der Waals surface area contributed by atoms with Crippen LogP contribution in [-0.4, -0.2) is 59.8 Å². The second-order valence-corrected chi connectivity index (χ2v) is 7.56. The predicted molar refractivity (Wildman–Crippen MR) is 97.1 cm³/mol. The summed E-state index contributed by atoms with van der Waals surface area (Å²) in [5.41, 5.74) is 1.04. The summed E-state index contributed by atoms with van der Waals surface area (Å²) < 4.78 is 5.91. The standard InChI is InChI=1S/C20H26N2O4/c23-17-3-2-14-26-20(17)9-12-21(13-10-20)19(25)15-5-7-16(8-6-15)22-11-1-4-18(22)24/h5-8,17,23H,1-4,9-14H2. The molecule has 0 aromatic heterocycles. The molecule has 0 bridgehead atoms. The number of aliphatic hydroxyl groups is 1. The normalized spacial score (nSPS) is 25.7. The average molecular weight is 358 g/mol. The van der Waals surface area contributed by atoms with Crippen LogP contribution >= 0.6 is 0 Å². The molecule has 0 radical (unpaired) electrons. The van der Waals surface area contributed by atoms with Crippen LogP contribution in [0.2, 0.25) is 0 Å². The molecule has 1 aromatic rings. The number of carbonyl (C=O) groups is 2. The van der Waals surface area contributed by atoms with Crippen molar-refractivity contribution in [2.24, 2.45) is 0 Å². The number of piperidine rings is 1. The van der Waals surface area contributed by atoms with Gasteiger partial charge in [-0.3, -0.25) is 9.59 Å². The van der Waals surface area contributed by atoms with Crippen LogP contribution in [0.5, 0.6) is 0 Å². The number of ether oxygens (including phenoxy) is 1. The molecule has 0 aliphatic carbocycles. The van der Waals surface area contributed by atoms with Crippen molar-refractivity contribution in [3.63, 3.8) is 0 Å². The zero-order valence-corrected chi connectivity index (χ0v) is 15.0. The lowest BCUT2D eigenvalue weighted by atomic mass is 9.82. The SMILES string of the molecule is O=C(c1ccc(N2CCCC2=O)cc1)N1CCC2(CC1)OCCCC2O. The van der Waals surface area contributed by atoms with Gasteiger partial charge < -0.3 is 19.6 Å². The molecule has 6 nitrogen and oxygen atoms in total. The molecule has 1 N–H and O–H groups in total. The van der Waals surface area contributed by atoms with Crippen LogP contribution in [0.1, 0.15) is 48.9 Å². The number of amides is 2. The lowest BCUT2D eigenvalue weighted by Gasteiger charge is -2.46. The van der Waals surface area contributed by atoms with Crippen LogP contribution in [0.15, 0.2) is 24.3 Å². The van der Waals surface area contributed by atoms with Crippen molar-refractivity contribution in [2.75, 3.05) is 31.1 Å². The summed E-state index contributed by atoms with van der Waals surface area (Å²) in [6, 6.07) is 7.32. The third kappa shape index (κ3) is 3.12. The molecule has 6 heteroatoms. The maximum absolute atomic E-state index is 12.8. The summed E-state index contributed by atoms with van der Waals surface area (Å²) in [6.07, 6.45) is 4.11. The van der Waals surface area contributed by atoms with E-state index < -0.39 is 11.7 Å². The Labute approximate surface area is 153 Å². The van der Waals surface area contributed by atoms with E-state index in [1.54, 1.807) is 17.0 Å². The second-order valence-electron chi connectivity index (χ2n) is 7.56. The zero-order valence-electron chi connectivity index (χ0n) is 15.0. The quantitative estimate of drug-likeness (QED) is 0.877. The lowest BCUT2D eigenvalue weighted by molar-refractivity contribution is -0.174. The molecule has 3 heterocycles. The van der Waals surface area contributed by atoms with Crippen LogP contribution in [0.4, 0.5) is 5.69 Å². The van der Waals surface area contributed by atoms with Gasteiger partial charge in [0.1, 0.15) is 0 Å². The first-order chi connectivity index (χ1) is 12.6. The van der Waals surface area contributed by atoms with E-state index in [4.69, 9.17) is 4.74 Å². The third-order valence-corrected chi connectivity index (χ3v) is 6.02. The van der Waals surface area contributed by atoms with E-state index in [2.05, 4.69) is 0 Å². The first kappa shape index (κ1) is 17.5. The predicted octanol–water partition coefficient (Wildman–Crippen LogP) is 1.96. The molecule has 0 saturated carbocycles. The molecule has 3 aliphatic rings. The summed E-state index contributed by atoms with van der Waals surface area (Å²) in [7, 11) is 0. The monoisotopic (exact) mass is 358 g/mol. The van der Waals surface area contributed by atoms with Crippen molar-refractivity contribution in [1.29, 1.82) is 0 Å². The number of carbonyl (C=O) groups excluding carboxylic acids is 2. The molecule has 3 saturated heterocycles. The second kappa shape index (κ2) is 7.00. The molecule has 1 spiro atoms. The fourth-order valence-corrected chi connectivity index (χ4v) is 4.36. The maximum atomic E-state index is 12.8. The third-order valence-electron chi connectivity index (χ3n) is 6.02. The Morgan fingerprint density at radius 3 is 2.46 bits per heavy atom. The molecule has 1 unspecified atom stereocenters. The first-order valence-corrected chi connectivity index (χ1v) is 9.61. The van der Waals surface area contributed by atoms with Crippen LogP contribution < -0.4 is 4.90 Å². The van der Waals surface area contributed by atoms with E-state index in [9.17, 15) is 14.7 Å². The van der Waals surface area contributed by atoms with Gasteiger partial charge in [0.15, 0.2) is 0 Å². The Morgan fingerprint density at radius 1 is 1.12 bits per heavy atom. The van der Waals surface area contributed by atoms with E-state index in [-0.39, 0.29) is 11.8 Å². The van der Waals surface area contributed by atoms with Crippen molar-refractivity contribution >= 4 is 17.5 Å². The van der Waals surface area contributed by atoms with E-state index in [1.807, 2.05) is 17.0 Å². The van der Waals surface area contributed by atoms with E-state index >= 15 is 0 Å². The maximum Gasteiger partial charge on any atom is 0.253 e. The minimum atomic E-state index is -0.463. The number of benzene rings is 1. The molecule has 1 aromatic carbocycles. The number of hydrogen-bond acceptors (Lipinski definition) is 4. The van der Waals surface area contributed by atoms with Crippen molar-refractivity contribution in [3.8, 4) is 0 Å². The van der Waals surface area contributed by atoms with Crippen LogP contribution in [0.25, 0.3) is 0 Å². The Hall–Kier alpha value is -1.92. The van der Waals surface area contributed by atoms with E-state index in [0.717, 1.165) is 31.5 Å². The van der Waals surface area contributed by atoms with E-state index in [0.29, 0.717) is 44.5 Å². The Bertz CT molecular complexity index is 680. The zero-order chi connectivity index (χ0) is 18.1. The lowest BCUT2D eigenvalue weighted by Crippen LogP contribution is -2.56. The van der Waals surface area contributed by atoms with Gasteiger partial charge in [0, 0.05) is 43.9 Å². The molecule has 4 rings (SSSR count). The molecular weight excluding hydrogens is 332 g/mol. The summed E-state index contributed by atoms with van der Waals surface area (Å²) >= 11 is 0. The van der Waals surface area contributed by atoms with Crippen molar-refractivity contribution in [3.05, 3.63) is 29.8 Å². The summed E-state index contributed by atoms with van der Waals surface area (Å²) in [5, 5.41) is 10.3. The van der Waals surface area contributed by atoms with Crippen LogP contribution in [-0.2, 0) is 9.53 Å². The smallest absolute Gasteiger partial charge is 0.253 e. The average Bonchev–Trinajstić information content (AvgIpc) is 3.10. The van der Waals surface area contributed by atoms with Gasteiger partial charge in [-0.1, -0.05) is 0 Å². The number of aliphatic hydroxyl groups excluding tert-OH is 1. The topological polar surface area (TPSA) is 70.1 Å². The van der Waals surface area contributed by atoms with Gasteiger partial charge in [-0.25, -0.2) is 0 Å². The van der Waals surface area contributed by atoms with Crippen molar-refractivity contribution in [2.45, 2.75) is 50.2 Å².